The van der Waals surface area contributed by atoms with Gasteiger partial charge in [-0.3, -0.25) is 4.79 Å². The highest BCUT2D eigenvalue weighted by Gasteiger charge is 2.42. The van der Waals surface area contributed by atoms with Gasteiger partial charge in [0.25, 0.3) is 0 Å². The van der Waals surface area contributed by atoms with E-state index >= 15 is 0 Å². The molecule has 0 radical (unpaired) electrons. The molecule has 0 unspecified atom stereocenters. The number of carboxylic acid groups (broad SMARTS) is 1. The monoisotopic (exact) mass is 305 g/mol. The van der Waals surface area contributed by atoms with Crippen molar-refractivity contribution in [2.24, 2.45) is 10.2 Å². The van der Waals surface area contributed by atoms with Gasteiger partial charge in [-0.25, -0.2) is 4.79 Å². The van der Waals surface area contributed by atoms with Crippen molar-refractivity contribution in [1.82, 2.24) is 5.32 Å². The van der Waals surface area contributed by atoms with E-state index in [0.29, 0.717) is 32.1 Å². The Kier molecular flexibility index (Phi) is 5.17. The van der Waals surface area contributed by atoms with E-state index in [4.69, 9.17) is 6.42 Å². The summed E-state index contributed by atoms with van der Waals surface area (Å²) >= 11 is 0. The molecule has 6 heteroatoms. The van der Waals surface area contributed by atoms with Crippen LogP contribution in [0.25, 0.3) is 0 Å². The van der Waals surface area contributed by atoms with Crippen molar-refractivity contribution < 1.29 is 14.7 Å². The second-order valence-electron chi connectivity index (χ2n) is 6.24. The summed E-state index contributed by atoms with van der Waals surface area (Å²) in [7, 11) is 0. The second kappa shape index (κ2) is 6.91. The van der Waals surface area contributed by atoms with Crippen LogP contribution in [0, 0.1) is 12.3 Å². The number of hydrogen-bond acceptors (Lipinski definition) is 4. The maximum absolute atomic E-state index is 12.2. The lowest BCUT2D eigenvalue weighted by molar-refractivity contribution is -0.148. The van der Waals surface area contributed by atoms with Gasteiger partial charge in [-0.2, -0.15) is 10.2 Å². The predicted molar refractivity (Wildman–Crippen MR) is 81.1 cm³/mol. The molecule has 2 rings (SSSR count). The number of amides is 1. The van der Waals surface area contributed by atoms with Crippen molar-refractivity contribution in [3.63, 3.8) is 0 Å². The minimum atomic E-state index is -1.10. The van der Waals surface area contributed by atoms with Gasteiger partial charge in [-0.15, -0.1) is 12.3 Å². The fraction of sp³-hybridized carbons (Fsp3) is 0.750. The first-order valence-corrected chi connectivity index (χ1v) is 7.94. The summed E-state index contributed by atoms with van der Waals surface area (Å²) in [6, 6.07) is 0. The summed E-state index contributed by atoms with van der Waals surface area (Å²) in [5.74, 6) is 1.39. The summed E-state index contributed by atoms with van der Waals surface area (Å²) in [6.07, 6.45) is 11.9. The molecule has 1 aliphatic heterocycles. The van der Waals surface area contributed by atoms with E-state index in [9.17, 15) is 14.7 Å². The van der Waals surface area contributed by atoms with E-state index in [2.05, 4.69) is 21.5 Å². The number of terminal acetylenes is 1. The number of carboxylic acids is 1. The number of nitrogens with zero attached hydrogens (tertiary/aromatic N) is 2. The van der Waals surface area contributed by atoms with Gasteiger partial charge in [0.2, 0.25) is 5.91 Å². The van der Waals surface area contributed by atoms with Crippen LogP contribution in [0.3, 0.4) is 0 Å². The molecular weight excluding hydrogens is 282 g/mol. The molecule has 1 saturated carbocycles. The van der Waals surface area contributed by atoms with Crippen LogP contribution in [0.15, 0.2) is 10.2 Å². The molecule has 1 fully saturated rings. The zero-order chi connectivity index (χ0) is 16.1. The molecule has 2 aliphatic rings. The third kappa shape index (κ3) is 4.06. The van der Waals surface area contributed by atoms with Gasteiger partial charge < -0.3 is 10.4 Å². The minimum absolute atomic E-state index is 0.229. The second-order valence-corrected chi connectivity index (χ2v) is 6.24. The fourth-order valence-electron chi connectivity index (χ4n) is 3.04. The Bertz CT molecular complexity index is 493. The molecule has 22 heavy (non-hydrogen) atoms. The zero-order valence-electron chi connectivity index (χ0n) is 12.8. The van der Waals surface area contributed by atoms with Gasteiger partial charge >= 0.3 is 5.97 Å². The van der Waals surface area contributed by atoms with Gasteiger partial charge in [0.15, 0.2) is 5.66 Å². The molecule has 1 heterocycles. The molecule has 0 aromatic rings. The van der Waals surface area contributed by atoms with Gasteiger partial charge in [0, 0.05) is 25.7 Å². The number of carbonyl (C=O) groups is 2. The Labute approximate surface area is 130 Å². The number of nitrogens with one attached hydrogen (secondary N) is 1. The number of aliphatic carboxylic acids is 1. The van der Waals surface area contributed by atoms with E-state index in [0.717, 1.165) is 25.7 Å². The molecule has 6 nitrogen and oxygen atoms in total. The quantitative estimate of drug-likeness (QED) is 0.559. The first-order chi connectivity index (χ1) is 10.5. The SMILES string of the molecule is C#CCCC1(CCC(=O)NC2(C(=O)O)CCCCCC2)N=N1. The van der Waals surface area contributed by atoms with Crippen molar-refractivity contribution >= 4 is 11.9 Å². The van der Waals surface area contributed by atoms with E-state index < -0.39 is 17.2 Å². The third-order valence-corrected chi connectivity index (χ3v) is 4.55. The van der Waals surface area contributed by atoms with Crippen LogP contribution in [-0.2, 0) is 9.59 Å². The zero-order valence-corrected chi connectivity index (χ0v) is 12.8. The average molecular weight is 305 g/mol. The van der Waals surface area contributed by atoms with Crippen molar-refractivity contribution in [2.45, 2.75) is 75.4 Å². The van der Waals surface area contributed by atoms with Crippen LogP contribution in [0.5, 0.6) is 0 Å². The number of carbonyl (C=O) groups excluding carboxylic acids is 1. The number of hydrogen-bond donors (Lipinski definition) is 2. The maximum Gasteiger partial charge on any atom is 0.329 e. The smallest absolute Gasteiger partial charge is 0.329 e. The lowest BCUT2D eigenvalue weighted by Crippen LogP contribution is -2.54. The Morgan fingerprint density at radius 2 is 1.77 bits per heavy atom. The molecule has 1 amide bonds. The highest BCUT2D eigenvalue weighted by atomic mass is 16.4. The van der Waals surface area contributed by atoms with E-state index in [1.165, 1.54) is 0 Å². The molecule has 0 spiro atoms. The minimum Gasteiger partial charge on any atom is -0.480 e. The Balaban J connectivity index is 1.86. The van der Waals surface area contributed by atoms with Gasteiger partial charge in [0.1, 0.15) is 5.54 Å². The molecule has 0 aromatic carbocycles. The Hall–Kier alpha value is -1.90. The average Bonchev–Trinajstić information content (AvgIpc) is 3.28. The molecule has 2 N–H and O–H groups in total. The summed E-state index contributed by atoms with van der Waals surface area (Å²) in [5, 5.41) is 20.3. The standard InChI is InChI=1S/C16H23N3O3/c1-2-3-11-16(18-19-16)12-8-13(20)17-15(14(21)22)9-6-4-5-7-10-15/h1H,3-12H2,(H,17,20)(H,21,22). The van der Waals surface area contributed by atoms with Gasteiger partial charge in [-0.1, -0.05) is 25.7 Å². The van der Waals surface area contributed by atoms with Crippen LogP contribution >= 0.6 is 0 Å². The lowest BCUT2D eigenvalue weighted by atomic mass is 9.89. The molecule has 0 bridgehead atoms. The molecule has 120 valence electrons. The van der Waals surface area contributed by atoms with Crippen LogP contribution in [0.2, 0.25) is 0 Å². The molecule has 0 aromatic heterocycles. The highest BCUT2D eigenvalue weighted by Crippen LogP contribution is 2.37. The summed E-state index contributed by atoms with van der Waals surface area (Å²) < 4.78 is 0. The third-order valence-electron chi connectivity index (χ3n) is 4.55. The van der Waals surface area contributed by atoms with Crippen molar-refractivity contribution in [2.75, 3.05) is 0 Å². The highest BCUT2D eigenvalue weighted by molar-refractivity contribution is 5.87. The predicted octanol–water partition coefficient (Wildman–Crippen LogP) is 2.64. The Morgan fingerprint density at radius 1 is 1.14 bits per heavy atom. The normalized spacial score (nSPS) is 21.4. The molecule has 0 atom stereocenters. The van der Waals surface area contributed by atoms with Crippen molar-refractivity contribution in [3.8, 4) is 12.3 Å². The topological polar surface area (TPSA) is 91.1 Å². The number of rotatable bonds is 7. The maximum atomic E-state index is 12.2. The van der Waals surface area contributed by atoms with Crippen LogP contribution < -0.4 is 5.32 Å². The summed E-state index contributed by atoms with van der Waals surface area (Å²) in [4.78, 5) is 23.8. The summed E-state index contributed by atoms with van der Waals surface area (Å²) in [5.41, 5.74) is -1.60. The first-order valence-electron chi connectivity index (χ1n) is 7.94. The van der Waals surface area contributed by atoms with Crippen molar-refractivity contribution in [1.29, 1.82) is 0 Å². The van der Waals surface area contributed by atoms with E-state index in [1.54, 1.807) is 0 Å². The molecule has 0 saturated heterocycles. The lowest BCUT2D eigenvalue weighted by Gasteiger charge is -2.29. The van der Waals surface area contributed by atoms with E-state index in [1.807, 2.05) is 0 Å². The first kappa shape index (κ1) is 16.5. The van der Waals surface area contributed by atoms with E-state index in [-0.39, 0.29) is 12.3 Å². The van der Waals surface area contributed by atoms with Crippen LogP contribution in [0.1, 0.15) is 64.2 Å². The molecule has 1 aliphatic carbocycles. The van der Waals surface area contributed by atoms with Crippen LogP contribution in [-0.4, -0.2) is 28.2 Å². The van der Waals surface area contributed by atoms with Gasteiger partial charge in [-0.05, 0) is 12.8 Å². The largest absolute Gasteiger partial charge is 0.480 e. The van der Waals surface area contributed by atoms with Gasteiger partial charge in [0.05, 0.1) is 0 Å². The molecular formula is C16H23N3O3. The van der Waals surface area contributed by atoms with Crippen molar-refractivity contribution in [3.05, 3.63) is 0 Å². The fourth-order valence-corrected chi connectivity index (χ4v) is 3.04. The van der Waals surface area contributed by atoms with Crippen LogP contribution in [0.4, 0.5) is 0 Å². The summed E-state index contributed by atoms with van der Waals surface area (Å²) in [6.45, 7) is 0. The Morgan fingerprint density at radius 3 is 2.27 bits per heavy atom.